The van der Waals surface area contributed by atoms with Gasteiger partial charge in [0, 0.05) is 25.1 Å². The van der Waals surface area contributed by atoms with Gasteiger partial charge in [-0.05, 0) is 43.9 Å². The number of β-amino-alcohol motifs (C(OH)–C–C–N with tert-alkyl or cyclic N) is 1. The molecule has 2 heterocycles. The van der Waals surface area contributed by atoms with Crippen LogP contribution >= 0.6 is 0 Å². The Labute approximate surface area is 134 Å². The second kappa shape index (κ2) is 6.93. The molecular formula is C17H21F2NO3. The average Bonchev–Trinajstić information content (AvgIpc) is 3.16. The Morgan fingerprint density at radius 2 is 2.22 bits per heavy atom. The number of halogens is 2. The summed E-state index contributed by atoms with van der Waals surface area (Å²) < 4.78 is 32.9. The van der Waals surface area contributed by atoms with Gasteiger partial charge in [0.1, 0.15) is 11.6 Å². The molecule has 0 saturated carbocycles. The van der Waals surface area contributed by atoms with Gasteiger partial charge in [0.05, 0.1) is 18.2 Å². The smallest absolute Gasteiger partial charge is 0.223 e. The van der Waals surface area contributed by atoms with Crippen LogP contribution in [0.1, 0.15) is 43.7 Å². The Morgan fingerprint density at radius 3 is 2.96 bits per heavy atom. The number of carbonyl (C=O) groups excluding carboxylic acids is 1. The van der Waals surface area contributed by atoms with Crippen LogP contribution in [0.5, 0.6) is 0 Å². The van der Waals surface area contributed by atoms with E-state index in [1.54, 1.807) is 0 Å². The van der Waals surface area contributed by atoms with Crippen molar-refractivity contribution in [2.24, 2.45) is 0 Å². The molecule has 4 nitrogen and oxygen atoms in total. The number of likely N-dealkylation sites (tertiary alicyclic amines) is 1. The van der Waals surface area contributed by atoms with E-state index in [4.69, 9.17) is 4.74 Å². The summed E-state index contributed by atoms with van der Waals surface area (Å²) in [7, 11) is 0. The fourth-order valence-electron chi connectivity index (χ4n) is 3.45. The molecule has 6 heteroatoms. The third-order valence-electron chi connectivity index (χ3n) is 4.62. The van der Waals surface area contributed by atoms with Crippen LogP contribution in [-0.4, -0.2) is 41.3 Å². The number of benzene rings is 1. The highest BCUT2D eigenvalue weighted by Crippen LogP contribution is 2.35. The number of aliphatic hydroxyl groups excluding tert-OH is 1. The summed E-state index contributed by atoms with van der Waals surface area (Å²) in [6.07, 6.45) is 2.52. The zero-order valence-corrected chi connectivity index (χ0v) is 12.9. The van der Waals surface area contributed by atoms with E-state index in [1.165, 1.54) is 4.90 Å². The molecule has 1 aromatic carbocycles. The molecule has 1 amide bonds. The fourth-order valence-corrected chi connectivity index (χ4v) is 3.45. The highest BCUT2D eigenvalue weighted by atomic mass is 19.1. The van der Waals surface area contributed by atoms with Gasteiger partial charge < -0.3 is 14.7 Å². The molecular weight excluding hydrogens is 304 g/mol. The number of carbonyl (C=O) groups is 1. The second-order valence-electron chi connectivity index (χ2n) is 6.29. The van der Waals surface area contributed by atoms with Crippen LogP contribution in [0.2, 0.25) is 0 Å². The van der Waals surface area contributed by atoms with Crippen molar-refractivity contribution in [2.75, 3.05) is 13.2 Å². The van der Waals surface area contributed by atoms with E-state index in [0.29, 0.717) is 12.8 Å². The molecule has 2 aliphatic rings. The number of nitrogens with zero attached hydrogens (tertiary/aromatic N) is 1. The van der Waals surface area contributed by atoms with Gasteiger partial charge >= 0.3 is 0 Å². The van der Waals surface area contributed by atoms with Crippen LogP contribution in [-0.2, 0) is 9.53 Å². The molecule has 23 heavy (non-hydrogen) atoms. The lowest BCUT2D eigenvalue weighted by Gasteiger charge is -2.25. The molecule has 2 aliphatic heterocycles. The summed E-state index contributed by atoms with van der Waals surface area (Å²) in [4.78, 5) is 13.9. The van der Waals surface area contributed by atoms with Crippen molar-refractivity contribution in [1.29, 1.82) is 0 Å². The summed E-state index contributed by atoms with van der Waals surface area (Å²) in [6.45, 7) is 0.892. The van der Waals surface area contributed by atoms with E-state index in [-0.39, 0.29) is 30.5 Å². The Bertz CT molecular complexity index is 575. The SMILES string of the molecule is O=C(CC[C@@H]1CCCO1)N1C[C@H](O)C[C@@H]1c1cc(F)ccc1F. The van der Waals surface area contributed by atoms with Crippen LogP contribution in [0.25, 0.3) is 0 Å². The van der Waals surface area contributed by atoms with Crippen molar-refractivity contribution < 1.29 is 23.4 Å². The van der Waals surface area contributed by atoms with Gasteiger partial charge in [-0.3, -0.25) is 4.79 Å². The minimum atomic E-state index is -0.714. The quantitative estimate of drug-likeness (QED) is 0.925. The lowest BCUT2D eigenvalue weighted by atomic mass is 10.0. The zero-order chi connectivity index (χ0) is 16.4. The third kappa shape index (κ3) is 3.70. The third-order valence-corrected chi connectivity index (χ3v) is 4.62. The predicted octanol–water partition coefficient (Wildman–Crippen LogP) is 2.56. The van der Waals surface area contributed by atoms with Crippen LogP contribution in [0.4, 0.5) is 8.78 Å². The number of hydrogen-bond acceptors (Lipinski definition) is 3. The van der Waals surface area contributed by atoms with Gasteiger partial charge in [-0.2, -0.15) is 0 Å². The van der Waals surface area contributed by atoms with E-state index < -0.39 is 23.8 Å². The Kier molecular flexibility index (Phi) is 4.92. The van der Waals surface area contributed by atoms with Gasteiger partial charge in [0.2, 0.25) is 5.91 Å². The molecule has 0 bridgehead atoms. The molecule has 0 spiro atoms. The average molecular weight is 325 g/mol. The van der Waals surface area contributed by atoms with Crippen LogP contribution < -0.4 is 0 Å². The number of ether oxygens (including phenoxy) is 1. The lowest BCUT2D eigenvalue weighted by molar-refractivity contribution is -0.133. The van der Waals surface area contributed by atoms with Crippen molar-refractivity contribution in [3.8, 4) is 0 Å². The molecule has 3 rings (SSSR count). The highest BCUT2D eigenvalue weighted by molar-refractivity contribution is 5.77. The number of amides is 1. The van der Waals surface area contributed by atoms with E-state index in [9.17, 15) is 18.7 Å². The van der Waals surface area contributed by atoms with E-state index in [1.807, 2.05) is 0 Å². The second-order valence-corrected chi connectivity index (χ2v) is 6.29. The van der Waals surface area contributed by atoms with Crippen LogP contribution in [0.3, 0.4) is 0 Å². The predicted molar refractivity (Wildman–Crippen MR) is 79.6 cm³/mol. The van der Waals surface area contributed by atoms with Gasteiger partial charge in [-0.15, -0.1) is 0 Å². The van der Waals surface area contributed by atoms with Gasteiger partial charge in [0.25, 0.3) is 0 Å². The molecule has 0 unspecified atom stereocenters. The molecule has 2 fully saturated rings. The van der Waals surface area contributed by atoms with Crippen molar-refractivity contribution in [3.63, 3.8) is 0 Å². The summed E-state index contributed by atoms with van der Waals surface area (Å²) in [6, 6.07) is 2.61. The first kappa shape index (κ1) is 16.3. The highest BCUT2D eigenvalue weighted by Gasteiger charge is 2.36. The van der Waals surface area contributed by atoms with Crippen molar-refractivity contribution in [3.05, 3.63) is 35.4 Å². The minimum absolute atomic E-state index is 0.107. The van der Waals surface area contributed by atoms with Gasteiger partial charge in [-0.1, -0.05) is 0 Å². The summed E-state index contributed by atoms with van der Waals surface area (Å²) >= 11 is 0. The van der Waals surface area contributed by atoms with Crippen LogP contribution in [0, 0.1) is 11.6 Å². The van der Waals surface area contributed by atoms with Gasteiger partial charge in [0.15, 0.2) is 0 Å². The molecule has 1 aromatic rings. The maximum atomic E-state index is 14.0. The number of aliphatic hydroxyl groups is 1. The first-order valence-corrected chi connectivity index (χ1v) is 8.08. The number of rotatable bonds is 4. The largest absolute Gasteiger partial charge is 0.391 e. The normalized spacial score (nSPS) is 27.6. The Morgan fingerprint density at radius 1 is 1.39 bits per heavy atom. The maximum absolute atomic E-state index is 14.0. The number of hydrogen-bond donors (Lipinski definition) is 1. The fraction of sp³-hybridized carbons (Fsp3) is 0.588. The molecule has 2 saturated heterocycles. The van der Waals surface area contributed by atoms with Crippen LogP contribution in [0.15, 0.2) is 18.2 Å². The van der Waals surface area contributed by atoms with Crippen molar-refractivity contribution >= 4 is 5.91 Å². The summed E-state index contributed by atoms with van der Waals surface area (Å²) in [5.41, 5.74) is 0.131. The molecule has 3 atom stereocenters. The molecule has 1 N–H and O–H groups in total. The summed E-state index contributed by atoms with van der Waals surface area (Å²) in [5, 5.41) is 9.89. The maximum Gasteiger partial charge on any atom is 0.223 e. The Hall–Kier alpha value is -1.53. The topological polar surface area (TPSA) is 49.8 Å². The zero-order valence-electron chi connectivity index (χ0n) is 12.9. The van der Waals surface area contributed by atoms with E-state index in [2.05, 4.69) is 0 Å². The van der Waals surface area contributed by atoms with Crippen molar-refractivity contribution in [1.82, 2.24) is 4.90 Å². The Balaban J connectivity index is 1.71. The first-order chi connectivity index (χ1) is 11.0. The standard InChI is InChI=1S/C17H21F2NO3/c18-11-3-5-15(19)14(8-11)16-9-12(21)10-20(16)17(22)6-4-13-2-1-7-23-13/h3,5,8,12-13,16,21H,1-2,4,6-7,9-10H2/t12-,13+,16-/m1/s1. The van der Waals surface area contributed by atoms with Gasteiger partial charge in [-0.25, -0.2) is 8.78 Å². The monoisotopic (exact) mass is 325 g/mol. The van der Waals surface area contributed by atoms with Crippen molar-refractivity contribution in [2.45, 2.75) is 50.4 Å². The summed E-state index contributed by atoms with van der Waals surface area (Å²) in [5.74, 6) is -1.25. The van der Waals surface area contributed by atoms with E-state index in [0.717, 1.165) is 37.6 Å². The molecule has 0 aromatic heterocycles. The molecule has 0 aliphatic carbocycles. The first-order valence-electron chi connectivity index (χ1n) is 8.08. The van der Waals surface area contributed by atoms with E-state index >= 15 is 0 Å². The lowest BCUT2D eigenvalue weighted by Crippen LogP contribution is -2.32. The molecule has 0 radical (unpaired) electrons. The molecule has 126 valence electrons. The minimum Gasteiger partial charge on any atom is -0.391 e.